The molecule has 0 saturated carbocycles. The van der Waals surface area contributed by atoms with Crippen LogP contribution in [0, 0.1) is 0 Å². The van der Waals surface area contributed by atoms with E-state index in [0.717, 1.165) is 24.3 Å². The molecule has 1 aliphatic heterocycles. The van der Waals surface area contributed by atoms with Gasteiger partial charge in [-0.05, 0) is 31.4 Å². The summed E-state index contributed by atoms with van der Waals surface area (Å²) in [6, 6.07) is 7.78. The third-order valence-electron chi connectivity index (χ3n) is 4.78. The van der Waals surface area contributed by atoms with Gasteiger partial charge in [-0.25, -0.2) is 4.79 Å². The minimum Gasteiger partial charge on any atom is -0.450 e. The summed E-state index contributed by atoms with van der Waals surface area (Å²) in [7, 11) is 0. The van der Waals surface area contributed by atoms with Gasteiger partial charge in [0.05, 0.1) is 32.8 Å². The predicted octanol–water partition coefficient (Wildman–Crippen LogP) is 1.49. The molecule has 2 rings (SSSR count). The molecule has 1 atom stereocenters. The van der Waals surface area contributed by atoms with Crippen molar-refractivity contribution in [1.82, 2.24) is 4.90 Å². The Bertz CT molecular complexity index is 595. The molecular weight excluding hydrogens is 318 g/mol. The van der Waals surface area contributed by atoms with Crippen LogP contribution in [0.15, 0.2) is 24.3 Å². The number of anilines is 1. The van der Waals surface area contributed by atoms with Gasteiger partial charge < -0.3 is 15.0 Å². The van der Waals surface area contributed by atoms with E-state index in [1.807, 2.05) is 25.1 Å². The van der Waals surface area contributed by atoms with Gasteiger partial charge in [0.1, 0.15) is 0 Å². The fourth-order valence-corrected chi connectivity index (χ4v) is 3.16. The van der Waals surface area contributed by atoms with Crippen molar-refractivity contribution in [3.8, 4) is 0 Å². The molecule has 1 aromatic carbocycles. The van der Waals surface area contributed by atoms with Crippen LogP contribution in [0.2, 0.25) is 0 Å². The molecule has 138 valence electrons. The average Bonchev–Trinajstić information content (AvgIpc) is 2.61. The number of nitrogens with one attached hydrogen (secondary N) is 2. The first kappa shape index (κ1) is 19.2. The van der Waals surface area contributed by atoms with Crippen LogP contribution in [-0.2, 0) is 9.53 Å². The summed E-state index contributed by atoms with van der Waals surface area (Å²) >= 11 is 0. The number of nitrogens with zero attached hydrogens (tertiary/aromatic N) is 1. The number of carbonyl (C=O) groups excluding carboxylic acids is 2. The zero-order valence-corrected chi connectivity index (χ0v) is 15.7. The van der Waals surface area contributed by atoms with Crippen molar-refractivity contribution < 1.29 is 19.2 Å². The number of piperazine rings is 1. The number of quaternary nitrogens is 1. The van der Waals surface area contributed by atoms with Crippen LogP contribution in [0.4, 0.5) is 10.5 Å². The fourth-order valence-electron chi connectivity index (χ4n) is 3.16. The van der Waals surface area contributed by atoms with Gasteiger partial charge in [-0.2, -0.15) is 0 Å². The van der Waals surface area contributed by atoms with E-state index in [-0.39, 0.29) is 18.0 Å². The van der Waals surface area contributed by atoms with E-state index in [2.05, 4.69) is 25.2 Å². The van der Waals surface area contributed by atoms with Crippen molar-refractivity contribution >= 4 is 17.7 Å². The van der Waals surface area contributed by atoms with Crippen LogP contribution in [0.1, 0.15) is 39.2 Å². The zero-order valence-electron chi connectivity index (χ0n) is 15.7. The minimum atomic E-state index is -0.260. The van der Waals surface area contributed by atoms with Gasteiger partial charge in [0.2, 0.25) is 0 Å². The second-order valence-electron chi connectivity index (χ2n) is 6.80. The van der Waals surface area contributed by atoms with Crippen LogP contribution in [0.25, 0.3) is 0 Å². The molecule has 0 spiro atoms. The second-order valence-corrected chi connectivity index (χ2v) is 6.80. The van der Waals surface area contributed by atoms with Crippen LogP contribution in [0.3, 0.4) is 0 Å². The highest BCUT2D eigenvalue weighted by atomic mass is 16.6. The summed E-state index contributed by atoms with van der Waals surface area (Å²) in [5, 5.41) is 3.08. The topological polar surface area (TPSA) is 63.1 Å². The largest absolute Gasteiger partial charge is 0.450 e. The number of hydrogen-bond acceptors (Lipinski definition) is 3. The Morgan fingerprint density at radius 3 is 2.44 bits per heavy atom. The van der Waals surface area contributed by atoms with E-state index < -0.39 is 0 Å². The average molecular weight is 348 g/mol. The molecular formula is C19H30N3O3+. The highest BCUT2D eigenvalue weighted by Gasteiger charge is 2.31. The lowest BCUT2D eigenvalue weighted by atomic mass is 10.0. The van der Waals surface area contributed by atoms with Gasteiger partial charge in [0, 0.05) is 5.69 Å². The summed E-state index contributed by atoms with van der Waals surface area (Å²) in [5.74, 6) is 0.375. The van der Waals surface area contributed by atoms with Crippen molar-refractivity contribution in [1.29, 1.82) is 0 Å². The monoisotopic (exact) mass is 348 g/mol. The first-order chi connectivity index (χ1) is 11.9. The Balaban J connectivity index is 1.92. The van der Waals surface area contributed by atoms with E-state index in [0.29, 0.717) is 25.6 Å². The number of para-hydroxylation sites is 1. The minimum absolute atomic E-state index is 0.0210. The number of rotatable bonds is 5. The van der Waals surface area contributed by atoms with Crippen LogP contribution in [0.5, 0.6) is 0 Å². The summed E-state index contributed by atoms with van der Waals surface area (Å²) in [4.78, 5) is 27.3. The molecule has 0 radical (unpaired) electrons. The normalized spacial score (nSPS) is 16.6. The summed E-state index contributed by atoms with van der Waals surface area (Å²) < 4.78 is 5.04. The first-order valence-corrected chi connectivity index (χ1v) is 9.10. The lowest BCUT2D eigenvalue weighted by Gasteiger charge is -2.34. The van der Waals surface area contributed by atoms with Crippen LogP contribution in [-0.4, -0.2) is 55.7 Å². The van der Waals surface area contributed by atoms with E-state index in [9.17, 15) is 9.59 Å². The van der Waals surface area contributed by atoms with Gasteiger partial charge in [-0.1, -0.05) is 32.0 Å². The van der Waals surface area contributed by atoms with Crippen LogP contribution < -0.4 is 10.2 Å². The molecule has 6 heteroatoms. The van der Waals surface area contributed by atoms with Crippen LogP contribution >= 0.6 is 0 Å². The molecule has 2 amide bonds. The van der Waals surface area contributed by atoms with Gasteiger partial charge in [-0.3, -0.25) is 9.69 Å². The molecule has 1 saturated heterocycles. The third kappa shape index (κ3) is 4.95. The number of benzene rings is 1. The van der Waals surface area contributed by atoms with Crippen molar-refractivity contribution in [2.75, 3.05) is 38.1 Å². The van der Waals surface area contributed by atoms with Gasteiger partial charge in [0.15, 0.2) is 6.04 Å². The fraction of sp³-hybridized carbons (Fsp3) is 0.579. The van der Waals surface area contributed by atoms with E-state index >= 15 is 0 Å². The number of amides is 2. The smallest absolute Gasteiger partial charge is 0.410 e. The number of carbonyl (C=O) groups is 2. The first-order valence-electron chi connectivity index (χ1n) is 9.10. The van der Waals surface area contributed by atoms with Gasteiger partial charge in [0.25, 0.3) is 5.91 Å². The Morgan fingerprint density at radius 2 is 1.84 bits per heavy atom. The lowest BCUT2D eigenvalue weighted by Crippen LogP contribution is -3.19. The SMILES string of the molecule is CCOC(=O)N1CC[NH+]([C@H](C)C(=O)Nc2ccccc2C(C)C)CC1. The summed E-state index contributed by atoms with van der Waals surface area (Å²) in [6.07, 6.45) is -0.260. The number of hydrogen-bond donors (Lipinski definition) is 2. The maximum absolute atomic E-state index is 12.7. The Hall–Kier alpha value is -2.08. The molecule has 1 heterocycles. The number of ether oxygens (including phenoxy) is 1. The zero-order chi connectivity index (χ0) is 18.4. The van der Waals surface area contributed by atoms with E-state index in [1.165, 1.54) is 4.90 Å². The Kier molecular flexibility index (Phi) is 6.82. The lowest BCUT2D eigenvalue weighted by molar-refractivity contribution is -0.917. The molecule has 1 aromatic rings. The second kappa shape index (κ2) is 8.85. The molecule has 6 nitrogen and oxygen atoms in total. The molecule has 0 bridgehead atoms. The Morgan fingerprint density at radius 1 is 1.20 bits per heavy atom. The molecule has 25 heavy (non-hydrogen) atoms. The molecule has 0 aromatic heterocycles. The maximum atomic E-state index is 12.7. The summed E-state index contributed by atoms with van der Waals surface area (Å²) in [6.45, 7) is 11.1. The van der Waals surface area contributed by atoms with Gasteiger partial charge in [-0.15, -0.1) is 0 Å². The van der Waals surface area contributed by atoms with Crippen molar-refractivity contribution in [2.45, 2.75) is 39.7 Å². The van der Waals surface area contributed by atoms with Gasteiger partial charge >= 0.3 is 6.09 Å². The summed E-state index contributed by atoms with van der Waals surface area (Å²) in [5.41, 5.74) is 2.03. The predicted molar refractivity (Wildman–Crippen MR) is 97.9 cm³/mol. The highest BCUT2D eigenvalue weighted by molar-refractivity contribution is 5.94. The quantitative estimate of drug-likeness (QED) is 0.848. The van der Waals surface area contributed by atoms with E-state index in [1.54, 1.807) is 11.8 Å². The van der Waals surface area contributed by atoms with Crippen molar-refractivity contribution in [2.24, 2.45) is 0 Å². The highest BCUT2D eigenvalue weighted by Crippen LogP contribution is 2.23. The maximum Gasteiger partial charge on any atom is 0.410 e. The molecule has 0 unspecified atom stereocenters. The van der Waals surface area contributed by atoms with Crippen molar-refractivity contribution in [3.63, 3.8) is 0 Å². The molecule has 2 N–H and O–H groups in total. The molecule has 1 aliphatic rings. The Labute approximate surface area is 150 Å². The van der Waals surface area contributed by atoms with Crippen molar-refractivity contribution in [3.05, 3.63) is 29.8 Å². The molecule has 0 aliphatic carbocycles. The standard InChI is InChI=1S/C19H29N3O3/c1-5-25-19(24)22-12-10-21(11-13-22)15(4)18(23)20-17-9-7-6-8-16(17)14(2)3/h6-9,14-15H,5,10-13H2,1-4H3,(H,20,23)/p+1/t15-/m1/s1. The third-order valence-corrected chi connectivity index (χ3v) is 4.78. The molecule has 1 fully saturated rings. The van der Waals surface area contributed by atoms with E-state index in [4.69, 9.17) is 4.74 Å².